The van der Waals surface area contributed by atoms with Crippen LogP contribution in [0, 0.1) is 0 Å². The molecule has 0 spiro atoms. The molecule has 0 aromatic carbocycles. The van der Waals surface area contributed by atoms with Gasteiger partial charge in [-0.3, -0.25) is 4.79 Å². The first-order valence-corrected chi connectivity index (χ1v) is 4.58. The lowest BCUT2D eigenvalue weighted by molar-refractivity contribution is 0.1000. The third kappa shape index (κ3) is 1.75. The molecule has 2 rings (SSSR count). The van der Waals surface area contributed by atoms with Crippen molar-refractivity contribution >= 4 is 5.91 Å². The molecule has 7 nitrogen and oxygen atoms in total. The molecule has 0 saturated carbocycles. The molecule has 2 aromatic heterocycles. The fraction of sp³-hybridized carbons (Fsp3) is 0.111. The Morgan fingerprint density at radius 2 is 2.25 bits per heavy atom. The van der Waals surface area contributed by atoms with Crippen molar-refractivity contribution in [3.05, 3.63) is 36.0 Å². The van der Waals surface area contributed by atoms with Crippen molar-refractivity contribution < 1.29 is 4.79 Å². The van der Waals surface area contributed by atoms with E-state index < -0.39 is 5.91 Å². The average Bonchev–Trinajstić information content (AvgIpc) is 2.77. The van der Waals surface area contributed by atoms with E-state index in [1.165, 1.54) is 11.0 Å². The Hall–Kier alpha value is -2.28. The van der Waals surface area contributed by atoms with Crippen molar-refractivity contribution in [3.8, 4) is 5.82 Å². The minimum absolute atomic E-state index is 0.228. The van der Waals surface area contributed by atoms with Crippen LogP contribution in [0.4, 0.5) is 0 Å². The van der Waals surface area contributed by atoms with E-state index in [0.29, 0.717) is 11.6 Å². The van der Waals surface area contributed by atoms with Crippen LogP contribution in [-0.4, -0.2) is 25.7 Å². The monoisotopic (exact) mass is 218 g/mol. The third-order valence-electron chi connectivity index (χ3n) is 1.99. The SMILES string of the molecule is NCc1ncn(-c2ncccc2C(N)=O)n1. The highest BCUT2D eigenvalue weighted by atomic mass is 16.1. The van der Waals surface area contributed by atoms with Gasteiger partial charge < -0.3 is 11.5 Å². The number of carbonyl (C=O) groups excluding carboxylic acids is 1. The van der Waals surface area contributed by atoms with Crippen LogP contribution in [0.15, 0.2) is 24.7 Å². The Balaban J connectivity index is 2.50. The van der Waals surface area contributed by atoms with Gasteiger partial charge in [-0.1, -0.05) is 0 Å². The molecule has 0 aliphatic carbocycles. The number of hydrogen-bond donors (Lipinski definition) is 2. The number of primary amides is 1. The van der Waals surface area contributed by atoms with Gasteiger partial charge in [-0.05, 0) is 12.1 Å². The first-order chi connectivity index (χ1) is 7.72. The summed E-state index contributed by atoms with van der Waals surface area (Å²) in [7, 11) is 0. The van der Waals surface area contributed by atoms with Crippen LogP contribution < -0.4 is 11.5 Å². The van der Waals surface area contributed by atoms with Gasteiger partial charge in [0.05, 0.1) is 12.1 Å². The van der Waals surface area contributed by atoms with Gasteiger partial charge in [-0.25, -0.2) is 14.6 Å². The van der Waals surface area contributed by atoms with E-state index in [-0.39, 0.29) is 12.1 Å². The average molecular weight is 218 g/mol. The first-order valence-electron chi connectivity index (χ1n) is 4.58. The number of aromatic nitrogens is 4. The summed E-state index contributed by atoms with van der Waals surface area (Å²) < 4.78 is 1.38. The second-order valence-electron chi connectivity index (χ2n) is 3.05. The molecule has 1 amide bonds. The molecule has 16 heavy (non-hydrogen) atoms. The summed E-state index contributed by atoms with van der Waals surface area (Å²) in [5.74, 6) is 0.260. The second kappa shape index (κ2) is 4.07. The van der Waals surface area contributed by atoms with Crippen molar-refractivity contribution in [2.45, 2.75) is 6.54 Å². The fourth-order valence-corrected chi connectivity index (χ4v) is 1.26. The Morgan fingerprint density at radius 3 is 2.88 bits per heavy atom. The molecule has 0 aliphatic rings. The highest BCUT2D eigenvalue weighted by Crippen LogP contribution is 2.08. The summed E-state index contributed by atoms with van der Waals surface area (Å²) in [4.78, 5) is 19.2. The van der Waals surface area contributed by atoms with Crippen molar-refractivity contribution in [2.75, 3.05) is 0 Å². The van der Waals surface area contributed by atoms with Crippen LogP contribution in [0.3, 0.4) is 0 Å². The van der Waals surface area contributed by atoms with Gasteiger partial charge >= 0.3 is 0 Å². The quantitative estimate of drug-likeness (QED) is 0.701. The van der Waals surface area contributed by atoms with E-state index in [9.17, 15) is 4.79 Å². The molecule has 0 fully saturated rings. The highest BCUT2D eigenvalue weighted by Gasteiger charge is 2.11. The van der Waals surface area contributed by atoms with Crippen molar-refractivity contribution in [2.24, 2.45) is 11.5 Å². The molecule has 0 radical (unpaired) electrons. The van der Waals surface area contributed by atoms with Crippen molar-refractivity contribution in [1.82, 2.24) is 19.7 Å². The van der Waals surface area contributed by atoms with Gasteiger partial charge in [-0.2, -0.15) is 0 Å². The number of carbonyl (C=O) groups is 1. The minimum atomic E-state index is -0.562. The smallest absolute Gasteiger partial charge is 0.252 e. The van der Waals surface area contributed by atoms with E-state index in [1.807, 2.05) is 0 Å². The number of pyridine rings is 1. The topological polar surface area (TPSA) is 113 Å². The highest BCUT2D eigenvalue weighted by molar-refractivity contribution is 5.95. The number of nitrogens with zero attached hydrogens (tertiary/aromatic N) is 4. The van der Waals surface area contributed by atoms with Gasteiger partial charge in [-0.15, -0.1) is 5.10 Å². The summed E-state index contributed by atoms with van der Waals surface area (Å²) in [6.45, 7) is 0.228. The van der Waals surface area contributed by atoms with Gasteiger partial charge in [0.2, 0.25) is 0 Å². The van der Waals surface area contributed by atoms with Crippen LogP contribution in [-0.2, 0) is 6.54 Å². The summed E-state index contributed by atoms with van der Waals surface area (Å²) in [6.07, 6.45) is 2.99. The molecule has 7 heteroatoms. The van der Waals surface area contributed by atoms with Gasteiger partial charge in [0.15, 0.2) is 11.6 Å². The molecule has 0 saturated heterocycles. The largest absolute Gasteiger partial charge is 0.365 e. The van der Waals surface area contributed by atoms with Crippen molar-refractivity contribution in [1.29, 1.82) is 0 Å². The summed E-state index contributed by atoms with van der Waals surface area (Å²) in [5.41, 5.74) is 10.9. The minimum Gasteiger partial charge on any atom is -0.365 e. The standard InChI is InChI=1S/C9H10N6O/c10-4-7-13-5-15(14-7)9-6(8(11)16)2-1-3-12-9/h1-3,5H,4,10H2,(H2,11,16). The maximum atomic E-state index is 11.2. The molecule has 2 heterocycles. The summed E-state index contributed by atoms with van der Waals surface area (Å²) >= 11 is 0. The first kappa shape index (κ1) is 10.2. The molecule has 0 unspecified atom stereocenters. The van der Waals surface area contributed by atoms with Gasteiger partial charge in [0, 0.05) is 6.20 Å². The van der Waals surface area contributed by atoms with Gasteiger partial charge in [0.25, 0.3) is 5.91 Å². The Labute approximate surface area is 91.1 Å². The lowest BCUT2D eigenvalue weighted by atomic mass is 10.2. The second-order valence-corrected chi connectivity index (χ2v) is 3.05. The van der Waals surface area contributed by atoms with Crippen LogP contribution >= 0.6 is 0 Å². The summed E-state index contributed by atoms with van der Waals surface area (Å²) in [5, 5.41) is 4.05. The van der Waals surface area contributed by atoms with Crippen LogP contribution in [0.25, 0.3) is 5.82 Å². The Morgan fingerprint density at radius 1 is 1.44 bits per heavy atom. The maximum Gasteiger partial charge on any atom is 0.252 e. The molecular weight excluding hydrogens is 208 g/mol. The van der Waals surface area contributed by atoms with Crippen LogP contribution in [0.2, 0.25) is 0 Å². The molecular formula is C9H10N6O. The van der Waals surface area contributed by atoms with Crippen molar-refractivity contribution in [3.63, 3.8) is 0 Å². The summed E-state index contributed by atoms with van der Waals surface area (Å²) in [6, 6.07) is 3.21. The zero-order valence-corrected chi connectivity index (χ0v) is 8.37. The molecule has 0 bridgehead atoms. The van der Waals surface area contributed by atoms with E-state index in [0.717, 1.165) is 0 Å². The lowest BCUT2D eigenvalue weighted by Crippen LogP contribution is -2.16. The number of nitrogens with two attached hydrogens (primary N) is 2. The molecule has 4 N–H and O–H groups in total. The van der Waals surface area contributed by atoms with E-state index >= 15 is 0 Å². The lowest BCUT2D eigenvalue weighted by Gasteiger charge is -2.03. The number of amides is 1. The fourth-order valence-electron chi connectivity index (χ4n) is 1.26. The molecule has 0 aliphatic heterocycles. The molecule has 2 aromatic rings. The maximum absolute atomic E-state index is 11.2. The van der Waals surface area contributed by atoms with Gasteiger partial charge in [0.1, 0.15) is 6.33 Å². The van der Waals surface area contributed by atoms with E-state index in [2.05, 4.69) is 15.1 Å². The Bertz CT molecular complexity index is 520. The van der Waals surface area contributed by atoms with E-state index in [1.54, 1.807) is 18.3 Å². The zero-order chi connectivity index (χ0) is 11.5. The van der Waals surface area contributed by atoms with E-state index in [4.69, 9.17) is 11.5 Å². The zero-order valence-electron chi connectivity index (χ0n) is 8.37. The van der Waals surface area contributed by atoms with Crippen LogP contribution in [0.5, 0.6) is 0 Å². The predicted octanol–water partition coefficient (Wildman–Crippen LogP) is -0.780. The Kier molecular flexibility index (Phi) is 2.61. The van der Waals surface area contributed by atoms with Crippen LogP contribution in [0.1, 0.15) is 16.2 Å². The number of rotatable bonds is 3. The third-order valence-corrected chi connectivity index (χ3v) is 1.99. The molecule has 0 atom stereocenters. The molecule has 82 valence electrons. The number of hydrogen-bond acceptors (Lipinski definition) is 5. The predicted molar refractivity (Wildman–Crippen MR) is 55.6 cm³/mol. The normalized spacial score (nSPS) is 10.3.